The van der Waals surface area contributed by atoms with Gasteiger partial charge in [0.25, 0.3) is 0 Å². The standard InChI is InChI=1S/C14H15F3N2O5S/c1-24-12(20)8-11-13(21)18-6-7-19(11)25(22,23)10-4-2-9(3-5-10)14(15,16)17/h2-5,11H,6-8H2,1H3,(H,18,21)/t11-/m1/s1. The van der Waals surface area contributed by atoms with E-state index in [4.69, 9.17) is 0 Å². The number of piperazine rings is 1. The van der Waals surface area contributed by atoms with Crippen molar-refractivity contribution < 1.29 is 35.9 Å². The van der Waals surface area contributed by atoms with Crippen molar-refractivity contribution in [3.63, 3.8) is 0 Å². The Balaban J connectivity index is 2.35. The van der Waals surface area contributed by atoms with Crippen LogP contribution in [0.1, 0.15) is 12.0 Å². The Bertz CT molecular complexity index is 762. The number of nitrogens with zero attached hydrogens (tertiary/aromatic N) is 1. The van der Waals surface area contributed by atoms with Gasteiger partial charge in [-0.3, -0.25) is 9.59 Å². The number of rotatable bonds is 4. The summed E-state index contributed by atoms with van der Waals surface area (Å²) in [6, 6.07) is 1.60. The summed E-state index contributed by atoms with van der Waals surface area (Å²) in [4.78, 5) is 23.0. The van der Waals surface area contributed by atoms with Gasteiger partial charge in [-0.1, -0.05) is 0 Å². The summed E-state index contributed by atoms with van der Waals surface area (Å²) in [7, 11) is -3.17. The van der Waals surface area contributed by atoms with Gasteiger partial charge in [0.2, 0.25) is 15.9 Å². The number of halogens is 3. The summed E-state index contributed by atoms with van der Waals surface area (Å²) in [6.07, 6.45) is -5.09. The van der Waals surface area contributed by atoms with Gasteiger partial charge in [0, 0.05) is 13.1 Å². The fourth-order valence-corrected chi connectivity index (χ4v) is 3.96. The van der Waals surface area contributed by atoms with Crippen molar-refractivity contribution in [1.82, 2.24) is 9.62 Å². The summed E-state index contributed by atoms with van der Waals surface area (Å²) in [5.41, 5.74) is -0.992. The van der Waals surface area contributed by atoms with E-state index in [0.717, 1.165) is 23.5 Å². The highest BCUT2D eigenvalue weighted by Gasteiger charge is 2.40. The van der Waals surface area contributed by atoms with Crippen LogP contribution in [0.4, 0.5) is 13.2 Å². The van der Waals surface area contributed by atoms with Crippen LogP contribution in [0, 0.1) is 0 Å². The lowest BCUT2D eigenvalue weighted by Gasteiger charge is -2.33. The lowest BCUT2D eigenvalue weighted by molar-refractivity contribution is -0.144. The molecule has 1 aromatic carbocycles. The van der Waals surface area contributed by atoms with E-state index in [2.05, 4.69) is 10.1 Å². The summed E-state index contributed by atoms with van der Waals surface area (Å²) in [5.74, 6) is -1.46. The summed E-state index contributed by atoms with van der Waals surface area (Å²) in [5, 5.41) is 2.44. The van der Waals surface area contributed by atoms with Crippen LogP contribution in [-0.2, 0) is 30.5 Å². The molecule has 1 saturated heterocycles. The maximum absolute atomic E-state index is 12.7. The lowest BCUT2D eigenvalue weighted by Crippen LogP contribution is -2.57. The molecule has 2 rings (SSSR count). The number of methoxy groups -OCH3 is 1. The van der Waals surface area contributed by atoms with Gasteiger partial charge >= 0.3 is 12.1 Å². The van der Waals surface area contributed by atoms with E-state index in [1.165, 1.54) is 0 Å². The second-order valence-corrected chi connectivity index (χ2v) is 7.12. The molecule has 0 radical (unpaired) electrons. The lowest BCUT2D eigenvalue weighted by atomic mass is 10.1. The van der Waals surface area contributed by atoms with Crippen LogP contribution < -0.4 is 5.32 Å². The van der Waals surface area contributed by atoms with E-state index in [1.54, 1.807) is 0 Å². The minimum atomic E-state index is -4.60. The van der Waals surface area contributed by atoms with Crippen LogP contribution in [0.15, 0.2) is 29.2 Å². The molecule has 1 N–H and O–H groups in total. The van der Waals surface area contributed by atoms with Crippen LogP contribution in [0.5, 0.6) is 0 Å². The number of alkyl halides is 3. The Morgan fingerprint density at radius 2 is 1.92 bits per heavy atom. The molecule has 1 aliphatic heterocycles. The number of carbonyl (C=O) groups is 2. The minimum absolute atomic E-state index is 0.0242. The summed E-state index contributed by atoms with van der Waals surface area (Å²) < 4.78 is 68.4. The molecular weight excluding hydrogens is 365 g/mol. The molecular formula is C14H15F3N2O5S. The van der Waals surface area contributed by atoms with Crippen LogP contribution in [0.2, 0.25) is 0 Å². The fraction of sp³-hybridized carbons (Fsp3) is 0.429. The van der Waals surface area contributed by atoms with E-state index in [9.17, 15) is 31.2 Å². The minimum Gasteiger partial charge on any atom is -0.469 e. The van der Waals surface area contributed by atoms with Crippen LogP contribution in [0.3, 0.4) is 0 Å². The molecule has 0 unspecified atom stereocenters. The third-order valence-electron chi connectivity index (χ3n) is 3.66. The Morgan fingerprint density at radius 3 is 2.44 bits per heavy atom. The van der Waals surface area contributed by atoms with Gasteiger partial charge in [-0.2, -0.15) is 17.5 Å². The molecule has 1 amide bonds. The maximum Gasteiger partial charge on any atom is 0.416 e. The third-order valence-corrected chi connectivity index (χ3v) is 5.58. The van der Waals surface area contributed by atoms with Crippen LogP contribution >= 0.6 is 0 Å². The van der Waals surface area contributed by atoms with Crippen molar-refractivity contribution in [1.29, 1.82) is 0 Å². The van der Waals surface area contributed by atoms with Gasteiger partial charge in [-0.15, -0.1) is 0 Å². The molecule has 1 aromatic rings. The SMILES string of the molecule is COC(=O)C[C@@H]1C(=O)NCCN1S(=O)(=O)c1ccc(C(F)(F)F)cc1. The number of benzene rings is 1. The normalized spacial score (nSPS) is 19.4. The van der Waals surface area contributed by atoms with Crippen LogP contribution in [0.25, 0.3) is 0 Å². The molecule has 11 heteroatoms. The average molecular weight is 380 g/mol. The molecule has 1 fully saturated rings. The molecule has 0 saturated carbocycles. The number of nitrogens with one attached hydrogen (secondary N) is 1. The Hall–Kier alpha value is -2.14. The van der Waals surface area contributed by atoms with E-state index in [-0.39, 0.29) is 13.1 Å². The number of hydrogen-bond donors (Lipinski definition) is 1. The molecule has 0 bridgehead atoms. The Morgan fingerprint density at radius 1 is 1.32 bits per heavy atom. The predicted molar refractivity (Wildman–Crippen MR) is 78.8 cm³/mol. The van der Waals surface area contributed by atoms with Gasteiger partial charge in [-0.05, 0) is 24.3 Å². The first-order chi connectivity index (χ1) is 11.6. The summed E-state index contributed by atoms with van der Waals surface area (Å²) >= 11 is 0. The van der Waals surface area contributed by atoms with Crippen molar-refractivity contribution in [3.8, 4) is 0 Å². The zero-order valence-corrected chi connectivity index (χ0v) is 13.9. The molecule has 0 aromatic heterocycles. The quantitative estimate of drug-likeness (QED) is 0.779. The maximum atomic E-state index is 12.7. The molecule has 1 atom stereocenters. The smallest absolute Gasteiger partial charge is 0.416 e. The molecule has 7 nitrogen and oxygen atoms in total. The van der Waals surface area contributed by atoms with Crippen molar-refractivity contribution in [2.24, 2.45) is 0 Å². The van der Waals surface area contributed by atoms with Crippen molar-refractivity contribution in [2.75, 3.05) is 20.2 Å². The second kappa shape index (κ2) is 7.00. The highest BCUT2D eigenvalue weighted by atomic mass is 32.2. The zero-order valence-electron chi connectivity index (χ0n) is 13.0. The predicted octanol–water partition coefficient (Wildman–Crippen LogP) is 0.758. The molecule has 1 aliphatic rings. The van der Waals surface area contributed by atoms with Gasteiger partial charge in [-0.25, -0.2) is 8.42 Å². The highest BCUT2D eigenvalue weighted by Crippen LogP contribution is 2.30. The third kappa shape index (κ3) is 4.10. The first-order valence-corrected chi connectivity index (χ1v) is 8.55. The zero-order chi connectivity index (χ0) is 18.8. The second-order valence-electron chi connectivity index (χ2n) is 5.22. The number of hydrogen-bond acceptors (Lipinski definition) is 5. The van der Waals surface area contributed by atoms with Gasteiger partial charge in [0.1, 0.15) is 6.04 Å². The first kappa shape index (κ1) is 19.2. The fourth-order valence-electron chi connectivity index (χ4n) is 2.37. The average Bonchev–Trinajstić information content (AvgIpc) is 2.55. The number of amides is 1. The molecule has 138 valence electrons. The van der Waals surface area contributed by atoms with Crippen molar-refractivity contribution in [2.45, 2.75) is 23.5 Å². The van der Waals surface area contributed by atoms with E-state index in [1.807, 2.05) is 0 Å². The molecule has 0 aliphatic carbocycles. The molecule has 25 heavy (non-hydrogen) atoms. The molecule has 1 heterocycles. The number of esters is 1. The van der Waals surface area contributed by atoms with Gasteiger partial charge in [0.15, 0.2) is 0 Å². The van der Waals surface area contributed by atoms with E-state index in [0.29, 0.717) is 12.1 Å². The first-order valence-electron chi connectivity index (χ1n) is 7.11. The Labute approximate surface area is 141 Å². The van der Waals surface area contributed by atoms with Crippen molar-refractivity contribution >= 4 is 21.9 Å². The monoisotopic (exact) mass is 380 g/mol. The van der Waals surface area contributed by atoms with Crippen LogP contribution in [-0.4, -0.2) is 50.8 Å². The highest BCUT2D eigenvalue weighted by molar-refractivity contribution is 7.89. The number of carbonyl (C=O) groups excluding carboxylic acids is 2. The number of sulfonamides is 1. The van der Waals surface area contributed by atoms with Gasteiger partial charge < -0.3 is 10.1 Å². The van der Waals surface area contributed by atoms with Crippen molar-refractivity contribution in [3.05, 3.63) is 29.8 Å². The Kier molecular flexibility index (Phi) is 5.37. The summed E-state index contributed by atoms with van der Waals surface area (Å²) in [6.45, 7) is -0.0902. The molecule has 0 spiro atoms. The van der Waals surface area contributed by atoms with Gasteiger partial charge in [0.05, 0.1) is 24.0 Å². The largest absolute Gasteiger partial charge is 0.469 e. The number of ether oxygens (including phenoxy) is 1. The topological polar surface area (TPSA) is 92.8 Å². The van der Waals surface area contributed by atoms with E-state index >= 15 is 0 Å². The van der Waals surface area contributed by atoms with E-state index < -0.39 is 51.0 Å².